The molecule has 0 aromatic heterocycles. The van der Waals surface area contributed by atoms with Crippen LogP contribution in [0.3, 0.4) is 0 Å². The summed E-state index contributed by atoms with van der Waals surface area (Å²) in [4.78, 5) is 23.2. The molecule has 0 aromatic rings. The molecule has 0 unspecified atom stereocenters. The molecule has 1 N–H and O–H groups in total. The summed E-state index contributed by atoms with van der Waals surface area (Å²) in [6.45, 7) is 3.97. The predicted octanol–water partition coefficient (Wildman–Crippen LogP) is 1.55. The van der Waals surface area contributed by atoms with E-state index in [2.05, 4.69) is 6.92 Å². The van der Waals surface area contributed by atoms with Gasteiger partial charge in [0.1, 0.15) is 12.4 Å². The Balaban J connectivity index is 1.99. The second-order valence-corrected chi connectivity index (χ2v) is 6.91. The number of carbonyl (C=O) groups is 2. The Hall–Kier alpha value is -0.900. The minimum absolute atomic E-state index is 0.0307. The van der Waals surface area contributed by atoms with Gasteiger partial charge in [0.25, 0.3) is 0 Å². The van der Waals surface area contributed by atoms with Crippen molar-refractivity contribution in [2.45, 2.75) is 51.7 Å². The molecular weight excluding hydrogens is 244 g/mol. The van der Waals surface area contributed by atoms with E-state index in [4.69, 9.17) is 4.74 Å². The summed E-state index contributed by atoms with van der Waals surface area (Å²) in [7, 11) is 0. The second kappa shape index (κ2) is 4.30. The fourth-order valence-electron chi connectivity index (χ4n) is 4.88. The van der Waals surface area contributed by atoms with Gasteiger partial charge in [0.2, 0.25) is 0 Å². The van der Waals surface area contributed by atoms with Gasteiger partial charge in [0.15, 0.2) is 0 Å². The third-order valence-corrected chi connectivity index (χ3v) is 5.78. The zero-order valence-corrected chi connectivity index (χ0v) is 11.5. The van der Waals surface area contributed by atoms with Crippen LogP contribution in [0.25, 0.3) is 0 Å². The first kappa shape index (κ1) is 13.1. The Bertz CT molecular complexity index is 407. The highest BCUT2D eigenvalue weighted by molar-refractivity contribution is 5.75. The molecule has 1 heterocycles. The fraction of sp³-hybridized carbons (Fsp3) is 0.867. The zero-order valence-electron chi connectivity index (χ0n) is 11.5. The molecule has 4 nitrogen and oxygen atoms in total. The van der Waals surface area contributed by atoms with E-state index < -0.39 is 6.10 Å². The van der Waals surface area contributed by atoms with Gasteiger partial charge >= 0.3 is 5.97 Å². The Morgan fingerprint density at radius 3 is 2.89 bits per heavy atom. The third kappa shape index (κ3) is 1.76. The van der Waals surface area contributed by atoms with Crippen LogP contribution in [-0.4, -0.2) is 29.6 Å². The molecule has 19 heavy (non-hydrogen) atoms. The van der Waals surface area contributed by atoms with E-state index in [1.165, 1.54) is 0 Å². The first-order valence-electron chi connectivity index (χ1n) is 7.32. The van der Waals surface area contributed by atoms with Gasteiger partial charge in [0.05, 0.1) is 12.0 Å². The number of esters is 1. The van der Waals surface area contributed by atoms with Crippen molar-refractivity contribution in [3.63, 3.8) is 0 Å². The van der Waals surface area contributed by atoms with E-state index in [0.29, 0.717) is 6.42 Å². The second-order valence-electron chi connectivity index (χ2n) is 6.91. The Labute approximate surface area is 113 Å². The minimum atomic E-state index is -0.488. The van der Waals surface area contributed by atoms with Crippen LogP contribution < -0.4 is 0 Å². The molecule has 2 aliphatic carbocycles. The maximum atomic E-state index is 11.8. The molecule has 3 aliphatic rings. The van der Waals surface area contributed by atoms with Crippen LogP contribution in [0, 0.1) is 29.1 Å². The lowest BCUT2D eigenvalue weighted by Crippen LogP contribution is -2.55. The van der Waals surface area contributed by atoms with Gasteiger partial charge in [-0.1, -0.05) is 20.3 Å². The normalized spacial score (nSPS) is 53.1. The largest absolute Gasteiger partial charge is 0.461 e. The van der Waals surface area contributed by atoms with Crippen molar-refractivity contribution < 1.29 is 19.4 Å². The van der Waals surface area contributed by atoms with Crippen molar-refractivity contribution in [1.29, 1.82) is 0 Å². The molecule has 1 aliphatic heterocycles. The molecular formula is C15H22O4. The minimum Gasteiger partial charge on any atom is -0.461 e. The number of hydrogen-bond acceptors (Lipinski definition) is 4. The molecule has 0 aromatic carbocycles. The van der Waals surface area contributed by atoms with Crippen LogP contribution >= 0.6 is 0 Å². The third-order valence-electron chi connectivity index (χ3n) is 5.78. The van der Waals surface area contributed by atoms with E-state index in [0.717, 1.165) is 25.5 Å². The van der Waals surface area contributed by atoms with Gasteiger partial charge in [-0.05, 0) is 24.7 Å². The SMILES string of the molecule is C[C@@H]1C(=O)O[C@H]2[C@H]1[C@@H](O)C[C@@]1(C)CCC[C@@H](C=O)[C@H]21. The zero-order chi connectivity index (χ0) is 13.8. The van der Waals surface area contributed by atoms with E-state index in [-0.39, 0.29) is 41.2 Å². The number of carbonyl (C=O) groups excluding carboxylic acids is 2. The number of aliphatic hydroxyl groups is 1. The highest BCUT2D eigenvalue weighted by Gasteiger charge is 2.60. The topological polar surface area (TPSA) is 63.6 Å². The van der Waals surface area contributed by atoms with Gasteiger partial charge < -0.3 is 14.6 Å². The predicted molar refractivity (Wildman–Crippen MR) is 68.2 cm³/mol. The Kier molecular flexibility index (Phi) is 2.97. The standard InChI is InChI=1S/C15H22O4/c1-8-11-10(17)6-15(2)5-3-4-9(7-16)12(15)13(11)19-14(8)18/h7-13,17H,3-6H2,1-2H3/t8-,9-,10-,11+,12+,13-,15+/m0/s1. The molecule has 0 spiro atoms. The van der Waals surface area contributed by atoms with Crippen LogP contribution in [0.1, 0.15) is 39.5 Å². The van der Waals surface area contributed by atoms with Gasteiger partial charge in [-0.15, -0.1) is 0 Å². The van der Waals surface area contributed by atoms with Gasteiger partial charge in [0, 0.05) is 17.8 Å². The molecule has 0 bridgehead atoms. The summed E-state index contributed by atoms with van der Waals surface area (Å²) < 4.78 is 5.56. The fourth-order valence-corrected chi connectivity index (χ4v) is 4.88. The van der Waals surface area contributed by atoms with Crippen LogP contribution in [0.5, 0.6) is 0 Å². The first-order chi connectivity index (χ1) is 8.98. The van der Waals surface area contributed by atoms with E-state index in [1.54, 1.807) is 0 Å². The number of rotatable bonds is 1. The molecule has 3 fully saturated rings. The molecule has 1 saturated heterocycles. The maximum absolute atomic E-state index is 11.8. The summed E-state index contributed by atoms with van der Waals surface area (Å²) in [5, 5.41) is 10.4. The molecule has 4 heteroatoms. The van der Waals surface area contributed by atoms with E-state index >= 15 is 0 Å². The lowest BCUT2D eigenvalue weighted by Gasteiger charge is -2.53. The molecule has 0 radical (unpaired) electrons. The van der Waals surface area contributed by atoms with Crippen LogP contribution in [0.15, 0.2) is 0 Å². The average molecular weight is 266 g/mol. The van der Waals surface area contributed by atoms with E-state index in [9.17, 15) is 14.7 Å². The average Bonchev–Trinajstić information content (AvgIpc) is 2.64. The molecule has 2 saturated carbocycles. The molecule has 3 rings (SSSR count). The lowest BCUT2D eigenvalue weighted by atomic mass is 9.52. The summed E-state index contributed by atoms with van der Waals surface area (Å²) in [5.74, 6) is -0.545. The lowest BCUT2D eigenvalue weighted by molar-refractivity contribution is -0.163. The quantitative estimate of drug-likeness (QED) is 0.578. The van der Waals surface area contributed by atoms with E-state index in [1.807, 2.05) is 6.92 Å². The highest BCUT2D eigenvalue weighted by atomic mass is 16.6. The number of fused-ring (bicyclic) bond motifs is 3. The number of hydrogen-bond donors (Lipinski definition) is 1. The van der Waals surface area contributed by atoms with Crippen LogP contribution in [0.4, 0.5) is 0 Å². The van der Waals surface area contributed by atoms with Crippen molar-refractivity contribution in [1.82, 2.24) is 0 Å². The summed E-state index contributed by atoms with van der Waals surface area (Å²) >= 11 is 0. The highest BCUT2D eigenvalue weighted by Crippen LogP contribution is 2.57. The Morgan fingerprint density at radius 1 is 1.47 bits per heavy atom. The van der Waals surface area contributed by atoms with Crippen molar-refractivity contribution in [3.8, 4) is 0 Å². The monoisotopic (exact) mass is 266 g/mol. The molecule has 7 atom stereocenters. The summed E-state index contributed by atoms with van der Waals surface area (Å²) in [6, 6.07) is 0. The number of ether oxygens (including phenoxy) is 1. The number of aldehydes is 1. The van der Waals surface area contributed by atoms with Gasteiger partial charge in [-0.3, -0.25) is 4.79 Å². The van der Waals surface area contributed by atoms with Crippen LogP contribution in [0.2, 0.25) is 0 Å². The van der Waals surface area contributed by atoms with Crippen LogP contribution in [-0.2, 0) is 14.3 Å². The molecule has 106 valence electrons. The summed E-state index contributed by atoms with van der Waals surface area (Å²) in [5.41, 5.74) is -0.0747. The van der Waals surface area contributed by atoms with Crippen molar-refractivity contribution in [2.24, 2.45) is 29.1 Å². The Morgan fingerprint density at radius 2 is 2.21 bits per heavy atom. The van der Waals surface area contributed by atoms with Crippen molar-refractivity contribution >= 4 is 12.3 Å². The van der Waals surface area contributed by atoms with Gasteiger partial charge in [-0.2, -0.15) is 0 Å². The van der Waals surface area contributed by atoms with Crippen molar-refractivity contribution in [2.75, 3.05) is 0 Å². The first-order valence-corrected chi connectivity index (χ1v) is 7.32. The smallest absolute Gasteiger partial charge is 0.309 e. The summed E-state index contributed by atoms with van der Waals surface area (Å²) in [6.07, 6.45) is 3.87. The van der Waals surface area contributed by atoms with Gasteiger partial charge in [-0.25, -0.2) is 0 Å². The molecule has 0 amide bonds. The maximum Gasteiger partial charge on any atom is 0.309 e. The van der Waals surface area contributed by atoms with Crippen molar-refractivity contribution in [3.05, 3.63) is 0 Å². The number of aliphatic hydroxyl groups excluding tert-OH is 1.